The Balaban J connectivity index is 1.83. The van der Waals surface area contributed by atoms with E-state index in [2.05, 4.69) is 5.32 Å². The molecule has 0 radical (unpaired) electrons. The van der Waals surface area contributed by atoms with Gasteiger partial charge < -0.3 is 20.7 Å². The minimum Gasteiger partial charge on any atom is -0.448 e. The lowest BCUT2D eigenvalue weighted by Crippen LogP contribution is -2.26. The third-order valence-electron chi connectivity index (χ3n) is 3.01. The Morgan fingerprint density at radius 3 is 2.62 bits per heavy atom. The highest BCUT2D eigenvalue weighted by molar-refractivity contribution is 6.40. The zero-order chi connectivity index (χ0) is 15.4. The number of amides is 2. The first kappa shape index (κ1) is 15.7. The van der Waals surface area contributed by atoms with E-state index in [1.54, 1.807) is 4.90 Å². The molecule has 0 unspecified atom stereocenters. The van der Waals surface area contributed by atoms with Gasteiger partial charge in [-0.3, -0.25) is 4.79 Å². The second-order valence-corrected chi connectivity index (χ2v) is 5.43. The molecule has 0 spiro atoms. The normalized spacial score (nSPS) is 14.2. The van der Waals surface area contributed by atoms with Crippen LogP contribution in [0.5, 0.6) is 0 Å². The van der Waals surface area contributed by atoms with Gasteiger partial charge in [0.1, 0.15) is 6.61 Å². The van der Waals surface area contributed by atoms with Crippen molar-refractivity contribution in [2.45, 2.75) is 12.8 Å². The van der Waals surface area contributed by atoms with E-state index < -0.39 is 0 Å². The summed E-state index contributed by atoms with van der Waals surface area (Å²) in [6.07, 6.45) is 0.450. The van der Waals surface area contributed by atoms with E-state index in [0.717, 1.165) is 0 Å². The third-order valence-corrected chi connectivity index (χ3v) is 3.60. The smallest absolute Gasteiger partial charge is 0.409 e. The van der Waals surface area contributed by atoms with Crippen molar-refractivity contribution in [1.82, 2.24) is 4.90 Å². The van der Waals surface area contributed by atoms with Gasteiger partial charge in [-0.05, 0) is 18.6 Å². The Morgan fingerprint density at radius 1 is 1.38 bits per heavy atom. The van der Waals surface area contributed by atoms with Crippen molar-refractivity contribution < 1.29 is 14.3 Å². The SMILES string of the molecule is Nc1cc(Cl)c(NC(=O)CCCN2CCOC2=O)c(Cl)c1. The quantitative estimate of drug-likeness (QED) is 0.812. The molecule has 1 fully saturated rings. The molecule has 8 heteroatoms. The molecule has 1 heterocycles. The molecule has 21 heavy (non-hydrogen) atoms. The van der Waals surface area contributed by atoms with Gasteiger partial charge >= 0.3 is 6.09 Å². The largest absolute Gasteiger partial charge is 0.448 e. The summed E-state index contributed by atoms with van der Waals surface area (Å²) in [4.78, 5) is 24.6. The van der Waals surface area contributed by atoms with Gasteiger partial charge in [0.05, 0.1) is 22.3 Å². The first-order valence-corrected chi connectivity index (χ1v) is 7.19. The molecule has 2 amide bonds. The third kappa shape index (κ3) is 4.15. The summed E-state index contributed by atoms with van der Waals surface area (Å²) in [5, 5.41) is 3.23. The lowest BCUT2D eigenvalue weighted by molar-refractivity contribution is -0.116. The van der Waals surface area contributed by atoms with E-state index in [1.807, 2.05) is 0 Å². The minimum absolute atomic E-state index is 0.226. The zero-order valence-corrected chi connectivity index (χ0v) is 12.7. The fourth-order valence-electron chi connectivity index (χ4n) is 1.97. The number of benzene rings is 1. The van der Waals surface area contributed by atoms with Crippen molar-refractivity contribution in [2.75, 3.05) is 30.7 Å². The second-order valence-electron chi connectivity index (χ2n) is 4.61. The first-order chi connectivity index (χ1) is 9.97. The number of nitrogens with one attached hydrogen (secondary N) is 1. The van der Waals surface area contributed by atoms with E-state index in [-0.39, 0.29) is 28.5 Å². The standard InChI is InChI=1S/C13H15Cl2N3O3/c14-9-6-8(16)7-10(15)12(9)17-11(19)2-1-3-18-4-5-21-13(18)20/h6-7H,1-5,16H2,(H,17,19). The maximum absolute atomic E-state index is 11.9. The second kappa shape index (κ2) is 6.87. The number of rotatable bonds is 5. The summed E-state index contributed by atoms with van der Waals surface area (Å²) < 4.78 is 4.80. The van der Waals surface area contributed by atoms with Gasteiger partial charge in [-0.25, -0.2) is 4.79 Å². The van der Waals surface area contributed by atoms with Crippen LogP contribution in [0.3, 0.4) is 0 Å². The molecule has 1 saturated heterocycles. The Labute approximate surface area is 132 Å². The van der Waals surface area contributed by atoms with Crippen LogP contribution in [-0.4, -0.2) is 36.6 Å². The van der Waals surface area contributed by atoms with Gasteiger partial charge in [0, 0.05) is 18.7 Å². The highest BCUT2D eigenvalue weighted by Crippen LogP contribution is 2.32. The fourth-order valence-corrected chi connectivity index (χ4v) is 2.57. The van der Waals surface area contributed by atoms with E-state index in [1.165, 1.54) is 12.1 Å². The summed E-state index contributed by atoms with van der Waals surface area (Å²) >= 11 is 12.0. The van der Waals surface area contributed by atoms with Gasteiger partial charge in [0.25, 0.3) is 0 Å². The van der Waals surface area contributed by atoms with Crippen molar-refractivity contribution in [2.24, 2.45) is 0 Å². The van der Waals surface area contributed by atoms with Crippen molar-refractivity contribution in [1.29, 1.82) is 0 Å². The van der Waals surface area contributed by atoms with E-state index in [9.17, 15) is 9.59 Å². The molecule has 6 nitrogen and oxygen atoms in total. The van der Waals surface area contributed by atoms with Crippen molar-refractivity contribution in [3.63, 3.8) is 0 Å². The van der Waals surface area contributed by atoms with Gasteiger partial charge in [-0.1, -0.05) is 23.2 Å². The minimum atomic E-state index is -0.333. The highest BCUT2D eigenvalue weighted by atomic mass is 35.5. The van der Waals surface area contributed by atoms with E-state index >= 15 is 0 Å². The Kier molecular flexibility index (Phi) is 5.14. The maximum atomic E-state index is 11.9. The molecule has 0 aromatic heterocycles. The number of halogens is 2. The summed E-state index contributed by atoms with van der Waals surface area (Å²) in [6.45, 7) is 1.45. The molecule has 0 saturated carbocycles. The molecule has 0 aliphatic carbocycles. The van der Waals surface area contributed by atoms with Crippen LogP contribution in [0.1, 0.15) is 12.8 Å². The van der Waals surface area contributed by atoms with Crippen LogP contribution in [0.2, 0.25) is 10.0 Å². The monoisotopic (exact) mass is 331 g/mol. The molecule has 0 atom stereocenters. The number of anilines is 2. The van der Waals surface area contributed by atoms with E-state index in [4.69, 9.17) is 33.7 Å². The summed E-state index contributed by atoms with van der Waals surface area (Å²) in [7, 11) is 0. The summed E-state index contributed by atoms with van der Waals surface area (Å²) in [5.41, 5.74) is 6.36. The molecule has 1 aromatic rings. The maximum Gasteiger partial charge on any atom is 0.409 e. The van der Waals surface area contributed by atoms with Crippen molar-refractivity contribution >= 4 is 46.6 Å². The van der Waals surface area contributed by atoms with Crippen LogP contribution in [0, 0.1) is 0 Å². The number of nitrogen functional groups attached to an aromatic ring is 1. The van der Waals surface area contributed by atoms with Crippen LogP contribution >= 0.6 is 23.2 Å². The highest BCUT2D eigenvalue weighted by Gasteiger charge is 2.21. The molecule has 3 N–H and O–H groups in total. The van der Waals surface area contributed by atoms with Crippen LogP contribution in [0.25, 0.3) is 0 Å². The molecule has 1 aliphatic heterocycles. The number of carbonyl (C=O) groups is 2. The average molecular weight is 332 g/mol. The number of hydrogen-bond acceptors (Lipinski definition) is 4. The lowest BCUT2D eigenvalue weighted by atomic mass is 10.2. The number of hydrogen-bond donors (Lipinski definition) is 2. The molecule has 1 aliphatic rings. The van der Waals surface area contributed by atoms with Gasteiger partial charge in [0.15, 0.2) is 0 Å². The fraction of sp³-hybridized carbons (Fsp3) is 0.385. The number of nitrogens with zero attached hydrogens (tertiary/aromatic N) is 1. The Hall–Kier alpha value is -1.66. The number of nitrogens with two attached hydrogens (primary N) is 1. The Morgan fingerprint density at radius 2 is 2.05 bits per heavy atom. The van der Waals surface area contributed by atoms with Crippen LogP contribution in [0.4, 0.5) is 16.2 Å². The molecule has 2 rings (SSSR count). The van der Waals surface area contributed by atoms with Crippen LogP contribution in [0.15, 0.2) is 12.1 Å². The molecular weight excluding hydrogens is 317 g/mol. The van der Waals surface area contributed by atoms with E-state index in [0.29, 0.717) is 37.5 Å². The molecular formula is C13H15Cl2N3O3. The lowest BCUT2D eigenvalue weighted by Gasteiger charge is -2.13. The summed E-state index contributed by atoms with van der Waals surface area (Å²) in [6, 6.07) is 3.03. The predicted octanol–water partition coefficient (Wildman–Crippen LogP) is 2.75. The van der Waals surface area contributed by atoms with Gasteiger partial charge in [-0.2, -0.15) is 0 Å². The zero-order valence-electron chi connectivity index (χ0n) is 11.2. The Bertz CT molecular complexity index is 543. The molecule has 114 valence electrons. The number of cyclic esters (lactones) is 1. The van der Waals surface area contributed by atoms with Crippen LogP contribution < -0.4 is 11.1 Å². The number of carbonyl (C=O) groups excluding carboxylic acids is 2. The van der Waals surface area contributed by atoms with Crippen LogP contribution in [-0.2, 0) is 9.53 Å². The number of ether oxygens (including phenoxy) is 1. The van der Waals surface area contributed by atoms with Crippen molar-refractivity contribution in [3.8, 4) is 0 Å². The summed E-state index contributed by atoms with van der Waals surface area (Å²) in [5.74, 6) is -0.226. The van der Waals surface area contributed by atoms with Gasteiger partial charge in [0.2, 0.25) is 5.91 Å². The first-order valence-electron chi connectivity index (χ1n) is 6.43. The average Bonchev–Trinajstić information content (AvgIpc) is 2.80. The topological polar surface area (TPSA) is 84.7 Å². The van der Waals surface area contributed by atoms with Crippen molar-refractivity contribution in [3.05, 3.63) is 22.2 Å². The molecule has 0 bridgehead atoms. The van der Waals surface area contributed by atoms with Gasteiger partial charge in [-0.15, -0.1) is 0 Å². The predicted molar refractivity (Wildman–Crippen MR) is 81.7 cm³/mol. The molecule has 1 aromatic carbocycles.